The zero-order chi connectivity index (χ0) is 27.3. The number of carboxylic acids is 1. The van der Waals surface area contributed by atoms with E-state index >= 15 is 0 Å². The van der Waals surface area contributed by atoms with E-state index in [9.17, 15) is 15.0 Å². The first-order valence-corrected chi connectivity index (χ1v) is 13.1. The van der Waals surface area contributed by atoms with Gasteiger partial charge in [0.05, 0.1) is 24.4 Å². The van der Waals surface area contributed by atoms with E-state index < -0.39 is 12.1 Å². The lowest BCUT2D eigenvalue weighted by atomic mass is 9.93. The summed E-state index contributed by atoms with van der Waals surface area (Å²) in [6.07, 6.45) is -0.109. The molecule has 4 aromatic carbocycles. The molecule has 38 heavy (non-hydrogen) atoms. The van der Waals surface area contributed by atoms with Gasteiger partial charge in [-0.25, -0.2) is 4.79 Å². The minimum atomic E-state index is -0.948. The quantitative estimate of drug-likeness (QED) is 0.212. The van der Waals surface area contributed by atoms with Crippen LogP contribution in [0.5, 0.6) is 0 Å². The van der Waals surface area contributed by atoms with Gasteiger partial charge in [0.1, 0.15) is 0 Å². The van der Waals surface area contributed by atoms with Crippen LogP contribution in [0.3, 0.4) is 0 Å². The Morgan fingerprint density at radius 1 is 0.947 bits per heavy atom. The van der Waals surface area contributed by atoms with Gasteiger partial charge < -0.3 is 20.3 Å². The summed E-state index contributed by atoms with van der Waals surface area (Å²) >= 11 is 0. The molecule has 5 heteroatoms. The first kappa shape index (κ1) is 27.5. The third-order valence-corrected chi connectivity index (χ3v) is 6.85. The highest BCUT2D eigenvalue weighted by Gasteiger charge is 2.21. The van der Waals surface area contributed by atoms with Gasteiger partial charge in [-0.05, 0) is 84.8 Å². The molecule has 0 amide bonds. The summed E-state index contributed by atoms with van der Waals surface area (Å²) < 4.78 is 6.09. The maximum Gasteiger partial charge on any atom is 0.335 e. The molecule has 0 aliphatic carbocycles. The fourth-order valence-electron chi connectivity index (χ4n) is 4.90. The molecule has 0 saturated heterocycles. The van der Waals surface area contributed by atoms with Crippen LogP contribution >= 0.6 is 0 Å². The highest BCUT2D eigenvalue weighted by molar-refractivity contribution is 5.90. The Hall–Kier alpha value is -3.51. The molecule has 4 aromatic rings. The topological polar surface area (TPSA) is 78.8 Å². The van der Waals surface area contributed by atoms with Gasteiger partial charge in [0.15, 0.2) is 0 Å². The van der Waals surface area contributed by atoms with Crippen molar-refractivity contribution >= 4 is 16.7 Å². The van der Waals surface area contributed by atoms with Crippen molar-refractivity contribution in [1.82, 2.24) is 5.32 Å². The molecule has 198 valence electrons. The minimum absolute atomic E-state index is 0.183. The number of β-amino-alcohol motifs (C(OH)–C–C–N with tert-alkyl or cyclic N) is 1. The molecule has 2 atom stereocenters. The van der Waals surface area contributed by atoms with Crippen molar-refractivity contribution in [2.75, 3.05) is 13.2 Å². The van der Waals surface area contributed by atoms with Crippen LogP contribution in [0.4, 0.5) is 0 Å². The second-order valence-electron chi connectivity index (χ2n) is 10.7. The van der Waals surface area contributed by atoms with E-state index in [-0.39, 0.29) is 23.8 Å². The molecule has 0 aliphatic heterocycles. The number of fused-ring (bicyclic) bond motifs is 1. The maximum absolute atomic E-state index is 11.6. The van der Waals surface area contributed by atoms with Crippen molar-refractivity contribution in [1.29, 1.82) is 0 Å². The largest absolute Gasteiger partial charge is 0.478 e. The predicted molar refractivity (Wildman–Crippen MR) is 154 cm³/mol. The number of carbonyl (C=O) groups is 1. The summed E-state index contributed by atoms with van der Waals surface area (Å²) in [5.41, 5.74) is 4.91. The lowest BCUT2D eigenvalue weighted by Gasteiger charge is -2.28. The van der Waals surface area contributed by atoms with Crippen LogP contribution in [0.1, 0.15) is 53.9 Å². The molecule has 3 N–H and O–H groups in total. The summed E-state index contributed by atoms with van der Waals surface area (Å²) in [7, 11) is 0. The van der Waals surface area contributed by atoms with Gasteiger partial charge in [-0.2, -0.15) is 0 Å². The van der Waals surface area contributed by atoms with Crippen molar-refractivity contribution in [3.63, 3.8) is 0 Å². The smallest absolute Gasteiger partial charge is 0.335 e. The highest BCUT2D eigenvalue weighted by atomic mass is 16.5. The molecule has 2 unspecified atom stereocenters. The molecule has 0 aliphatic rings. The third-order valence-electron chi connectivity index (χ3n) is 6.85. The average molecular weight is 512 g/mol. The number of rotatable bonds is 11. The number of ether oxygens (including phenoxy) is 1. The van der Waals surface area contributed by atoms with Gasteiger partial charge in [0, 0.05) is 12.1 Å². The summed E-state index contributed by atoms with van der Waals surface area (Å²) in [4.78, 5) is 11.6. The highest BCUT2D eigenvalue weighted by Crippen LogP contribution is 2.31. The molecule has 5 nitrogen and oxygen atoms in total. The van der Waals surface area contributed by atoms with Crippen LogP contribution in [0.2, 0.25) is 0 Å². The monoisotopic (exact) mass is 511 g/mol. The Morgan fingerprint density at radius 2 is 1.66 bits per heavy atom. The number of aliphatic hydroxyl groups excluding tert-OH is 1. The number of hydrogen-bond acceptors (Lipinski definition) is 4. The number of hydrogen-bond donors (Lipinski definition) is 3. The molecule has 0 saturated carbocycles. The second-order valence-corrected chi connectivity index (χ2v) is 10.7. The van der Waals surface area contributed by atoms with E-state index in [1.165, 1.54) is 16.3 Å². The number of aromatic carboxylic acids is 1. The first-order chi connectivity index (χ1) is 18.1. The van der Waals surface area contributed by atoms with E-state index in [0.29, 0.717) is 6.54 Å². The second kappa shape index (κ2) is 11.9. The standard InChI is InChI=1S/C33H37NO4/c1-22-15-27(18-28(16-22)32(36)37)31-12-8-7-11-30(31)23(2)38-21-29(35)20-34-33(3,4)19-24-13-14-25-9-5-6-10-26(25)17-24/h5-18,23,29,34-35H,19-21H2,1-4H3,(H,36,37). The van der Waals surface area contributed by atoms with Crippen LogP contribution in [-0.2, 0) is 11.2 Å². The molecule has 0 radical (unpaired) electrons. The number of nitrogens with one attached hydrogen (secondary N) is 1. The van der Waals surface area contributed by atoms with Crippen molar-refractivity contribution < 1.29 is 19.7 Å². The van der Waals surface area contributed by atoms with E-state index in [1.54, 1.807) is 12.1 Å². The van der Waals surface area contributed by atoms with Gasteiger partial charge in [-0.15, -0.1) is 0 Å². The SMILES string of the molecule is Cc1cc(C(=O)O)cc(-c2ccccc2C(C)OCC(O)CNC(C)(C)Cc2ccc3ccccc3c2)c1. The van der Waals surface area contributed by atoms with Gasteiger partial charge in [-0.3, -0.25) is 0 Å². The number of carboxylic acid groups (broad SMARTS) is 1. The van der Waals surface area contributed by atoms with Crippen LogP contribution in [-0.4, -0.2) is 41.0 Å². The van der Waals surface area contributed by atoms with E-state index in [2.05, 4.69) is 55.6 Å². The van der Waals surface area contributed by atoms with Crippen LogP contribution in [0.15, 0.2) is 84.9 Å². The molecule has 0 spiro atoms. The van der Waals surface area contributed by atoms with Crippen molar-refractivity contribution in [3.8, 4) is 11.1 Å². The van der Waals surface area contributed by atoms with Crippen molar-refractivity contribution in [3.05, 3.63) is 107 Å². The molecule has 0 fully saturated rings. The van der Waals surface area contributed by atoms with Crippen LogP contribution < -0.4 is 5.32 Å². The normalized spacial score (nSPS) is 13.4. The summed E-state index contributed by atoms with van der Waals surface area (Å²) in [5.74, 6) is -0.948. The molecule has 0 aromatic heterocycles. The van der Waals surface area contributed by atoms with Crippen molar-refractivity contribution in [2.45, 2.75) is 51.9 Å². The zero-order valence-corrected chi connectivity index (χ0v) is 22.6. The van der Waals surface area contributed by atoms with Gasteiger partial charge >= 0.3 is 5.97 Å². The Bertz CT molecular complexity index is 1410. The Balaban J connectivity index is 1.35. The maximum atomic E-state index is 11.6. The van der Waals surface area contributed by atoms with Crippen LogP contribution in [0.25, 0.3) is 21.9 Å². The number of aliphatic hydroxyl groups is 1. The number of aryl methyl sites for hydroxylation is 1. The average Bonchev–Trinajstić information content (AvgIpc) is 2.90. The van der Waals surface area contributed by atoms with E-state index in [4.69, 9.17) is 4.74 Å². The summed E-state index contributed by atoms with van der Waals surface area (Å²) in [6.45, 7) is 8.72. The Morgan fingerprint density at radius 3 is 2.42 bits per heavy atom. The molecule has 0 heterocycles. The zero-order valence-electron chi connectivity index (χ0n) is 22.6. The Labute approximate surface area is 225 Å². The lowest BCUT2D eigenvalue weighted by molar-refractivity contribution is -0.00397. The van der Waals surface area contributed by atoms with E-state index in [1.807, 2.05) is 50.2 Å². The first-order valence-electron chi connectivity index (χ1n) is 13.1. The molecular weight excluding hydrogens is 474 g/mol. The third kappa shape index (κ3) is 7.07. The van der Waals surface area contributed by atoms with Gasteiger partial charge in [0.25, 0.3) is 0 Å². The fourth-order valence-corrected chi connectivity index (χ4v) is 4.90. The molecule has 4 rings (SSSR count). The fraction of sp³-hybridized carbons (Fsp3) is 0.303. The molecular formula is C33H37NO4. The Kier molecular flexibility index (Phi) is 8.62. The lowest BCUT2D eigenvalue weighted by Crippen LogP contribution is -2.46. The number of benzene rings is 4. The predicted octanol–water partition coefficient (Wildman–Crippen LogP) is 6.56. The summed E-state index contributed by atoms with van der Waals surface area (Å²) in [6, 6.07) is 28.1. The van der Waals surface area contributed by atoms with Gasteiger partial charge in [0.2, 0.25) is 0 Å². The van der Waals surface area contributed by atoms with Gasteiger partial charge in [-0.1, -0.05) is 72.8 Å². The molecule has 0 bridgehead atoms. The summed E-state index contributed by atoms with van der Waals surface area (Å²) in [5, 5.41) is 26.1. The van der Waals surface area contributed by atoms with Crippen molar-refractivity contribution in [2.24, 2.45) is 0 Å². The van der Waals surface area contributed by atoms with E-state index in [0.717, 1.165) is 28.7 Å². The van der Waals surface area contributed by atoms with Crippen LogP contribution in [0, 0.1) is 6.92 Å². The minimum Gasteiger partial charge on any atom is -0.478 e.